The van der Waals surface area contributed by atoms with Gasteiger partial charge in [-0.3, -0.25) is 4.79 Å². The van der Waals surface area contributed by atoms with E-state index >= 15 is 0 Å². The third-order valence-electron chi connectivity index (χ3n) is 6.31. The number of piperidine rings is 1. The van der Waals surface area contributed by atoms with Gasteiger partial charge in [0.2, 0.25) is 11.8 Å². The van der Waals surface area contributed by atoms with E-state index < -0.39 is 0 Å². The molecule has 1 aromatic heterocycles. The molecular weight excluding hydrogens is 452 g/mol. The molecule has 0 saturated carbocycles. The largest absolute Gasteiger partial charge is 0.497 e. The quantitative estimate of drug-likeness (QED) is 0.507. The number of nitrogens with zero attached hydrogens (tertiary/aromatic N) is 4. The van der Waals surface area contributed by atoms with E-state index in [2.05, 4.69) is 4.90 Å². The van der Waals surface area contributed by atoms with Crippen molar-refractivity contribution < 1.29 is 14.3 Å². The van der Waals surface area contributed by atoms with Crippen molar-refractivity contribution in [2.24, 2.45) is 0 Å². The number of hydrogen-bond donors (Lipinski definition) is 0. The highest BCUT2D eigenvalue weighted by atomic mass is 35.5. The lowest BCUT2D eigenvalue weighted by Crippen LogP contribution is -2.38. The number of hydrogen-bond acceptors (Lipinski definition) is 6. The van der Waals surface area contributed by atoms with Crippen molar-refractivity contribution in [3.8, 4) is 17.4 Å². The van der Waals surface area contributed by atoms with Gasteiger partial charge >= 0.3 is 0 Å². The smallest absolute Gasteiger partial charge is 0.255 e. The molecule has 8 heteroatoms. The third-order valence-corrected chi connectivity index (χ3v) is 6.64. The number of benzene rings is 2. The molecule has 0 radical (unpaired) electrons. The van der Waals surface area contributed by atoms with Crippen LogP contribution < -0.4 is 14.4 Å². The van der Waals surface area contributed by atoms with Gasteiger partial charge in [-0.25, -0.2) is 4.98 Å². The highest BCUT2D eigenvalue weighted by Crippen LogP contribution is 2.33. The van der Waals surface area contributed by atoms with Crippen LogP contribution in [0.5, 0.6) is 17.4 Å². The van der Waals surface area contributed by atoms with Gasteiger partial charge in [-0.1, -0.05) is 23.7 Å². The van der Waals surface area contributed by atoms with Gasteiger partial charge in [0.1, 0.15) is 11.5 Å². The fourth-order valence-electron chi connectivity index (χ4n) is 4.42. The zero-order valence-corrected chi connectivity index (χ0v) is 19.9. The second-order valence-electron chi connectivity index (χ2n) is 8.54. The number of anilines is 1. The lowest BCUT2D eigenvalue weighted by molar-refractivity contribution is 0.0732. The molecular formula is C26H27ClN4O3. The molecule has 2 aliphatic rings. The molecule has 0 unspecified atom stereocenters. The number of amides is 1. The minimum atomic E-state index is -0.105. The first kappa shape index (κ1) is 22.5. The molecule has 1 saturated heterocycles. The molecule has 0 atom stereocenters. The van der Waals surface area contributed by atoms with E-state index in [1.54, 1.807) is 24.1 Å². The summed E-state index contributed by atoms with van der Waals surface area (Å²) in [6.45, 7) is 2.82. The van der Waals surface area contributed by atoms with E-state index in [1.807, 2.05) is 36.4 Å². The minimum absolute atomic E-state index is 0.105. The van der Waals surface area contributed by atoms with Gasteiger partial charge < -0.3 is 19.3 Å². The topological polar surface area (TPSA) is 67.8 Å². The van der Waals surface area contributed by atoms with Gasteiger partial charge in [0.05, 0.1) is 35.5 Å². The van der Waals surface area contributed by atoms with E-state index in [9.17, 15) is 4.79 Å². The Labute approximate surface area is 204 Å². The normalized spacial score (nSPS) is 15.6. The Hall–Kier alpha value is -3.32. The summed E-state index contributed by atoms with van der Waals surface area (Å²) in [6, 6.07) is 14.5. The number of aromatic nitrogens is 2. The molecule has 2 aliphatic heterocycles. The van der Waals surface area contributed by atoms with Gasteiger partial charge in [-0.05, 0) is 55.7 Å². The molecule has 1 amide bonds. The van der Waals surface area contributed by atoms with Crippen LogP contribution in [0.3, 0.4) is 0 Å². The van der Waals surface area contributed by atoms with Crippen LogP contribution in [0.15, 0.2) is 48.5 Å². The molecule has 176 valence electrons. The van der Waals surface area contributed by atoms with Gasteiger partial charge in [-0.2, -0.15) is 4.98 Å². The van der Waals surface area contributed by atoms with Crippen molar-refractivity contribution in [2.45, 2.75) is 32.2 Å². The zero-order valence-electron chi connectivity index (χ0n) is 19.2. The predicted molar refractivity (Wildman–Crippen MR) is 131 cm³/mol. The standard InChI is InChI=1S/C26H27ClN4O3/c1-33-18-9-11-19(12-10-18)34-24-21-17-31(25(32)20-7-3-4-8-22(20)27)16-13-23(21)28-26(29-24)30-14-5-2-6-15-30/h3-4,7-12H,2,5-6,13-17H2,1H3. The van der Waals surface area contributed by atoms with E-state index in [1.165, 1.54) is 6.42 Å². The molecule has 3 heterocycles. The number of halogens is 1. The Morgan fingerprint density at radius 2 is 1.68 bits per heavy atom. The fraction of sp³-hybridized carbons (Fsp3) is 0.346. The molecule has 3 aromatic rings. The summed E-state index contributed by atoms with van der Waals surface area (Å²) >= 11 is 6.30. The number of ether oxygens (including phenoxy) is 2. The van der Waals surface area contributed by atoms with Crippen molar-refractivity contribution in [3.63, 3.8) is 0 Å². The van der Waals surface area contributed by atoms with Crippen LogP contribution in [-0.2, 0) is 13.0 Å². The summed E-state index contributed by atoms with van der Waals surface area (Å²) in [4.78, 5) is 27.0. The Kier molecular flexibility index (Phi) is 6.54. The summed E-state index contributed by atoms with van der Waals surface area (Å²) in [5.41, 5.74) is 2.27. The van der Waals surface area contributed by atoms with Crippen LogP contribution >= 0.6 is 11.6 Å². The van der Waals surface area contributed by atoms with Crippen molar-refractivity contribution in [3.05, 3.63) is 70.4 Å². The number of carbonyl (C=O) groups excluding carboxylic acids is 1. The Morgan fingerprint density at radius 3 is 2.41 bits per heavy atom. The van der Waals surface area contributed by atoms with Crippen molar-refractivity contribution in [2.75, 3.05) is 31.6 Å². The maximum Gasteiger partial charge on any atom is 0.255 e. The predicted octanol–water partition coefficient (Wildman–Crippen LogP) is 5.12. The Morgan fingerprint density at radius 1 is 0.941 bits per heavy atom. The number of carbonyl (C=O) groups is 1. The van der Waals surface area contributed by atoms with Crippen LogP contribution in [-0.4, -0.2) is 47.5 Å². The summed E-state index contributed by atoms with van der Waals surface area (Å²) in [5, 5.41) is 0.449. The highest BCUT2D eigenvalue weighted by Gasteiger charge is 2.29. The second kappa shape index (κ2) is 9.89. The van der Waals surface area contributed by atoms with Crippen LogP contribution in [0.25, 0.3) is 0 Å². The Balaban J connectivity index is 1.48. The third kappa shape index (κ3) is 4.66. The average molecular weight is 479 g/mol. The molecule has 1 fully saturated rings. The number of fused-ring (bicyclic) bond motifs is 1. The van der Waals surface area contributed by atoms with Crippen LogP contribution in [0.2, 0.25) is 5.02 Å². The maximum absolute atomic E-state index is 13.2. The Bertz CT molecular complexity index is 1180. The van der Waals surface area contributed by atoms with E-state index in [0.717, 1.165) is 42.9 Å². The maximum atomic E-state index is 13.2. The second-order valence-corrected chi connectivity index (χ2v) is 8.94. The lowest BCUT2D eigenvalue weighted by atomic mass is 10.0. The summed E-state index contributed by atoms with van der Waals surface area (Å²) in [5.74, 6) is 2.50. The van der Waals surface area contributed by atoms with Crippen molar-refractivity contribution in [1.82, 2.24) is 14.9 Å². The average Bonchev–Trinajstić information content (AvgIpc) is 2.89. The summed E-state index contributed by atoms with van der Waals surface area (Å²) < 4.78 is 11.5. The fourth-order valence-corrected chi connectivity index (χ4v) is 4.64. The molecule has 34 heavy (non-hydrogen) atoms. The van der Waals surface area contributed by atoms with Gasteiger partial charge in [0.25, 0.3) is 5.91 Å². The first-order chi connectivity index (χ1) is 16.6. The monoisotopic (exact) mass is 478 g/mol. The number of rotatable bonds is 5. The van der Waals surface area contributed by atoms with E-state index in [-0.39, 0.29) is 5.91 Å². The summed E-state index contributed by atoms with van der Waals surface area (Å²) in [6.07, 6.45) is 4.13. The molecule has 7 nitrogen and oxygen atoms in total. The van der Waals surface area contributed by atoms with E-state index in [0.29, 0.717) is 47.7 Å². The van der Waals surface area contributed by atoms with Crippen LogP contribution in [0.1, 0.15) is 40.9 Å². The molecule has 0 spiro atoms. The highest BCUT2D eigenvalue weighted by molar-refractivity contribution is 6.33. The van der Waals surface area contributed by atoms with Gasteiger partial charge in [-0.15, -0.1) is 0 Å². The number of methoxy groups -OCH3 is 1. The first-order valence-electron chi connectivity index (χ1n) is 11.6. The SMILES string of the molecule is COc1ccc(Oc2nc(N3CCCCC3)nc3c2CN(C(=O)c2ccccc2Cl)CC3)cc1. The zero-order chi connectivity index (χ0) is 23.5. The summed E-state index contributed by atoms with van der Waals surface area (Å²) in [7, 11) is 1.63. The van der Waals surface area contributed by atoms with Crippen molar-refractivity contribution in [1.29, 1.82) is 0 Å². The lowest BCUT2D eigenvalue weighted by Gasteiger charge is -2.32. The minimum Gasteiger partial charge on any atom is -0.497 e. The van der Waals surface area contributed by atoms with Crippen molar-refractivity contribution >= 4 is 23.5 Å². The molecule has 0 aliphatic carbocycles. The molecule has 5 rings (SSSR count). The van der Waals surface area contributed by atoms with Gasteiger partial charge in [0, 0.05) is 26.1 Å². The molecule has 0 bridgehead atoms. The van der Waals surface area contributed by atoms with Crippen LogP contribution in [0, 0.1) is 0 Å². The molecule has 0 N–H and O–H groups in total. The van der Waals surface area contributed by atoms with Gasteiger partial charge in [0.15, 0.2) is 0 Å². The van der Waals surface area contributed by atoms with Crippen LogP contribution in [0.4, 0.5) is 5.95 Å². The first-order valence-corrected chi connectivity index (χ1v) is 12.0. The molecule has 2 aromatic carbocycles. The van der Waals surface area contributed by atoms with E-state index in [4.69, 9.17) is 31.0 Å².